The van der Waals surface area contributed by atoms with Crippen LogP contribution < -0.4 is 38.0 Å². The molecule has 40 heavy (non-hydrogen) atoms. The van der Waals surface area contributed by atoms with Crippen LogP contribution in [0.3, 0.4) is 0 Å². The van der Waals surface area contributed by atoms with Gasteiger partial charge in [-0.25, -0.2) is 0 Å². The molecule has 6 rings (SSSR count). The van der Waals surface area contributed by atoms with Gasteiger partial charge in [0.1, 0.15) is 0 Å². The summed E-state index contributed by atoms with van der Waals surface area (Å²) in [4.78, 5) is 0. The maximum absolute atomic E-state index is 2.26. The Balaban J connectivity index is 0.000000210. The minimum absolute atomic E-state index is 0. The summed E-state index contributed by atoms with van der Waals surface area (Å²) in [7, 11) is -2.62. The van der Waals surface area contributed by atoms with Gasteiger partial charge in [0.2, 0.25) is 0 Å². The van der Waals surface area contributed by atoms with Crippen molar-refractivity contribution in [1.82, 2.24) is 6.15 Å². The van der Waals surface area contributed by atoms with Crippen molar-refractivity contribution in [2.75, 3.05) is 0 Å². The third-order valence-electron chi connectivity index (χ3n) is 6.80. The summed E-state index contributed by atoms with van der Waals surface area (Å²) in [6.07, 6.45) is 0. The Kier molecular flexibility index (Phi) is 12.8. The van der Waals surface area contributed by atoms with Gasteiger partial charge in [0.15, 0.2) is 0 Å². The molecule has 0 aliphatic carbocycles. The zero-order valence-corrected chi connectivity index (χ0v) is 25.7. The molecule has 0 bridgehead atoms. The molecular weight excluding hydrogens is 544 g/mol. The first-order valence-corrected chi connectivity index (χ1v) is 16.7. The Bertz CT molecular complexity index is 1180. The average Bonchev–Trinajstić information content (AvgIpc) is 3.01. The van der Waals surface area contributed by atoms with Gasteiger partial charge in [0.25, 0.3) is 0 Å². The first-order valence-electron chi connectivity index (χ1n) is 13.2. The fourth-order valence-corrected chi connectivity index (χ4v) is 11.0. The van der Waals surface area contributed by atoms with E-state index >= 15 is 0 Å². The van der Waals surface area contributed by atoms with E-state index in [4.69, 9.17) is 0 Å². The van der Waals surface area contributed by atoms with Crippen molar-refractivity contribution in [3.05, 3.63) is 182 Å². The van der Waals surface area contributed by atoms with Crippen molar-refractivity contribution >= 4 is 60.1 Å². The summed E-state index contributed by atoms with van der Waals surface area (Å²) in [6.45, 7) is 0. The van der Waals surface area contributed by atoms with E-state index in [1.54, 1.807) is 0 Å². The molecule has 0 saturated carbocycles. The second kappa shape index (κ2) is 16.5. The van der Waals surface area contributed by atoms with Gasteiger partial charge in [-0.15, -0.1) is 12.4 Å². The first-order chi connectivity index (χ1) is 18.9. The molecule has 0 aromatic heterocycles. The van der Waals surface area contributed by atoms with Gasteiger partial charge in [-0.05, 0) is 0 Å². The molecule has 6 aromatic rings. The van der Waals surface area contributed by atoms with Crippen molar-refractivity contribution < 1.29 is 0 Å². The Hall–Kier alpha value is -3.57. The summed E-state index contributed by atoms with van der Waals surface area (Å²) < 4.78 is 0. The summed E-state index contributed by atoms with van der Waals surface area (Å²) in [5.41, 5.74) is 0. The van der Waals surface area contributed by atoms with Crippen LogP contribution in [0.15, 0.2) is 182 Å². The van der Waals surface area contributed by atoms with Gasteiger partial charge < -0.3 is 6.15 Å². The van der Waals surface area contributed by atoms with Crippen LogP contribution in [0.4, 0.5) is 0 Å². The van der Waals surface area contributed by atoms with Crippen LogP contribution in [0.25, 0.3) is 0 Å². The SMILES string of the molecule is Cl.N.c1ccc([PH2](c2ccccc2)c2ccccc2)cc1.c1ccc([PH2](c2ccccc2)c2ccccc2)cc1. The Morgan fingerprint density at radius 3 is 0.475 bits per heavy atom. The normalized spacial score (nSPS) is 10.5. The summed E-state index contributed by atoms with van der Waals surface area (Å²) in [5, 5.41) is 8.83. The van der Waals surface area contributed by atoms with Crippen molar-refractivity contribution in [1.29, 1.82) is 0 Å². The molecular formula is C36H38ClNP2. The van der Waals surface area contributed by atoms with Gasteiger partial charge in [-0.1, -0.05) is 0 Å². The zero-order valence-electron chi connectivity index (χ0n) is 22.6. The van der Waals surface area contributed by atoms with Gasteiger partial charge in [0, 0.05) is 0 Å². The van der Waals surface area contributed by atoms with Crippen LogP contribution in [0.5, 0.6) is 0 Å². The standard InChI is InChI=1S/2C18H17P.ClH.H3N/c2*1-4-10-16(11-5-1)19(17-12-6-2-7-13-17)18-14-8-3-9-15-18;;/h2*1-15H,19H2;1H;1H3. The maximum atomic E-state index is 2.26. The van der Waals surface area contributed by atoms with E-state index in [2.05, 4.69) is 182 Å². The molecule has 0 fully saturated rings. The number of hydrogen-bond acceptors (Lipinski definition) is 1. The summed E-state index contributed by atoms with van der Waals surface area (Å²) in [5.74, 6) is 0. The molecule has 0 aliphatic heterocycles. The Labute approximate surface area is 247 Å². The van der Waals surface area contributed by atoms with Crippen molar-refractivity contribution in [2.45, 2.75) is 0 Å². The van der Waals surface area contributed by atoms with E-state index in [0.29, 0.717) is 0 Å². The molecule has 0 heterocycles. The Morgan fingerprint density at radius 1 is 0.225 bits per heavy atom. The first kappa shape index (κ1) is 31.0. The topological polar surface area (TPSA) is 35.0 Å². The predicted molar refractivity (Wildman–Crippen MR) is 188 cm³/mol. The molecule has 1 nitrogen and oxygen atoms in total. The molecule has 0 aliphatic rings. The molecule has 6 aromatic carbocycles. The zero-order chi connectivity index (χ0) is 25.8. The molecule has 0 radical (unpaired) electrons. The van der Waals surface area contributed by atoms with E-state index in [-0.39, 0.29) is 18.6 Å². The van der Waals surface area contributed by atoms with Crippen LogP contribution in [-0.4, -0.2) is 0 Å². The fourth-order valence-electron chi connectivity index (χ4n) is 5.03. The third kappa shape index (κ3) is 8.22. The van der Waals surface area contributed by atoms with Crippen LogP contribution in [0, 0.1) is 0 Å². The number of halogens is 1. The van der Waals surface area contributed by atoms with Gasteiger partial charge in [-0.3, -0.25) is 0 Å². The molecule has 204 valence electrons. The average molecular weight is 582 g/mol. The van der Waals surface area contributed by atoms with Gasteiger partial charge in [0.05, 0.1) is 0 Å². The van der Waals surface area contributed by atoms with Gasteiger partial charge in [-0.2, -0.15) is 0 Å². The van der Waals surface area contributed by atoms with Gasteiger partial charge >= 0.3 is 230 Å². The summed E-state index contributed by atoms with van der Waals surface area (Å²) >= 11 is 0. The third-order valence-corrected chi connectivity index (χ3v) is 13.1. The summed E-state index contributed by atoms with van der Waals surface area (Å²) in [6, 6.07) is 65.3. The minimum atomic E-state index is -1.31. The second-order valence-corrected chi connectivity index (χ2v) is 15.1. The van der Waals surface area contributed by atoms with Crippen LogP contribution in [0.1, 0.15) is 0 Å². The molecule has 0 spiro atoms. The van der Waals surface area contributed by atoms with Crippen LogP contribution in [0.2, 0.25) is 0 Å². The quantitative estimate of drug-likeness (QED) is 0.227. The van der Waals surface area contributed by atoms with E-state index in [9.17, 15) is 0 Å². The molecule has 0 unspecified atom stereocenters. The number of benzene rings is 6. The molecule has 0 atom stereocenters. The fraction of sp³-hybridized carbons (Fsp3) is 0. The van der Waals surface area contributed by atoms with Crippen LogP contribution in [-0.2, 0) is 0 Å². The van der Waals surface area contributed by atoms with E-state index in [1.807, 2.05) is 0 Å². The van der Waals surface area contributed by atoms with Crippen molar-refractivity contribution in [2.24, 2.45) is 0 Å². The molecule has 3 N–H and O–H groups in total. The van der Waals surface area contributed by atoms with Crippen molar-refractivity contribution in [3.8, 4) is 0 Å². The number of hydrogen-bond donors (Lipinski definition) is 1. The van der Waals surface area contributed by atoms with Crippen molar-refractivity contribution in [3.63, 3.8) is 0 Å². The van der Waals surface area contributed by atoms with E-state index < -0.39 is 15.8 Å². The molecule has 0 saturated heterocycles. The predicted octanol–water partition coefficient (Wildman–Crippen LogP) is 6.40. The number of rotatable bonds is 6. The Morgan fingerprint density at radius 2 is 0.350 bits per heavy atom. The van der Waals surface area contributed by atoms with E-state index in [0.717, 1.165) is 0 Å². The second-order valence-electron chi connectivity index (χ2n) is 9.33. The monoisotopic (exact) mass is 581 g/mol. The van der Waals surface area contributed by atoms with E-state index in [1.165, 1.54) is 31.8 Å². The molecule has 4 heteroatoms. The molecule has 0 amide bonds. The van der Waals surface area contributed by atoms with Crippen LogP contribution >= 0.6 is 28.3 Å².